The summed E-state index contributed by atoms with van der Waals surface area (Å²) in [4.78, 5) is 15.2. The van der Waals surface area contributed by atoms with Crippen molar-refractivity contribution in [1.82, 2.24) is 4.90 Å². The van der Waals surface area contributed by atoms with E-state index in [0.717, 1.165) is 11.3 Å². The molecule has 0 aliphatic carbocycles. The Hall–Kier alpha value is -1.59. The predicted molar refractivity (Wildman–Crippen MR) is 93.4 cm³/mol. The van der Waals surface area contributed by atoms with Crippen LogP contribution in [0.2, 0.25) is 0 Å². The Labute approximate surface area is 144 Å². The van der Waals surface area contributed by atoms with E-state index in [-0.39, 0.29) is 12.0 Å². The molecule has 2 rings (SSSR count). The Morgan fingerprint density at radius 1 is 1.33 bits per heavy atom. The number of benzene rings is 1. The van der Waals surface area contributed by atoms with E-state index >= 15 is 0 Å². The molecule has 0 saturated carbocycles. The number of hydrogen-bond acceptors (Lipinski definition) is 4. The van der Waals surface area contributed by atoms with Gasteiger partial charge in [0.25, 0.3) is 0 Å². The van der Waals surface area contributed by atoms with E-state index in [1.165, 1.54) is 0 Å². The number of nitrogens with zero attached hydrogens (tertiary/aromatic N) is 1. The van der Waals surface area contributed by atoms with Crippen LogP contribution in [0.4, 0.5) is 0 Å². The SMILES string of the molecule is COC[C@@H]1CN(C(=O)C(C)(C)c2ccccc2OC)CC(C)(C)O1. The summed E-state index contributed by atoms with van der Waals surface area (Å²) in [7, 11) is 3.28. The summed E-state index contributed by atoms with van der Waals surface area (Å²) in [6.07, 6.45) is -0.115. The maximum Gasteiger partial charge on any atom is 0.232 e. The first-order valence-corrected chi connectivity index (χ1v) is 8.31. The summed E-state index contributed by atoms with van der Waals surface area (Å²) in [6.45, 7) is 9.47. The first-order chi connectivity index (χ1) is 11.2. The quantitative estimate of drug-likeness (QED) is 0.830. The molecule has 5 nitrogen and oxygen atoms in total. The zero-order valence-corrected chi connectivity index (χ0v) is 15.6. The van der Waals surface area contributed by atoms with Crippen LogP contribution < -0.4 is 4.74 Å². The Morgan fingerprint density at radius 3 is 2.62 bits per heavy atom. The van der Waals surface area contributed by atoms with Crippen LogP contribution in [0, 0.1) is 0 Å². The van der Waals surface area contributed by atoms with Gasteiger partial charge in [0.1, 0.15) is 5.75 Å². The minimum Gasteiger partial charge on any atom is -0.496 e. The van der Waals surface area contributed by atoms with Crippen LogP contribution in [-0.2, 0) is 19.7 Å². The van der Waals surface area contributed by atoms with Crippen LogP contribution in [0.15, 0.2) is 24.3 Å². The van der Waals surface area contributed by atoms with Crippen molar-refractivity contribution in [3.63, 3.8) is 0 Å². The average molecular weight is 335 g/mol. The highest BCUT2D eigenvalue weighted by atomic mass is 16.5. The molecule has 5 heteroatoms. The Balaban J connectivity index is 2.28. The van der Waals surface area contributed by atoms with Crippen LogP contribution >= 0.6 is 0 Å². The molecule has 1 amide bonds. The molecule has 24 heavy (non-hydrogen) atoms. The van der Waals surface area contributed by atoms with Gasteiger partial charge in [-0.2, -0.15) is 0 Å². The predicted octanol–water partition coefficient (Wildman–Crippen LogP) is 2.63. The Kier molecular flexibility index (Phi) is 5.56. The molecule has 1 aromatic rings. The topological polar surface area (TPSA) is 48.0 Å². The van der Waals surface area contributed by atoms with Crippen molar-refractivity contribution in [2.45, 2.75) is 44.8 Å². The van der Waals surface area contributed by atoms with Crippen molar-refractivity contribution in [3.8, 4) is 5.75 Å². The van der Waals surface area contributed by atoms with Gasteiger partial charge in [-0.25, -0.2) is 0 Å². The van der Waals surface area contributed by atoms with Gasteiger partial charge in [0.05, 0.1) is 30.8 Å². The minimum atomic E-state index is -0.683. The van der Waals surface area contributed by atoms with E-state index in [2.05, 4.69) is 0 Å². The van der Waals surface area contributed by atoms with E-state index in [9.17, 15) is 4.79 Å². The summed E-state index contributed by atoms with van der Waals surface area (Å²) in [5, 5.41) is 0. The maximum absolute atomic E-state index is 13.3. The third-order valence-electron chi connectivity index (χ3n) is 4.44. The molecule has 0 spiro atoms. The first kappa shape index (κ1) is 18.7. The van der Waals surface area contributed by atoms with Crippen LogP contribution in [0.5, 0.6) is 5.75 Å². The number of para-hydroxylation sites is 1. The van der Waals surface area contributed by atoms with Gasteiger partial charge in [-0.3, -0.25) is 4.79 Å². The second kappa shape index (κ2) is 7.11. The lowest BCUT2D eigenvalue weighted by Crippen LogP contribution is -2.58. The molecule has 0 unspecified atom stereocenters. The van der Waals surface area contributed by atoms with Gasteiger partial charge in [-0.1, -0.05) is 18.2 Å². The first-order valence-electron chi connectivity index (χ1n) is 8.31. The molecule has 1 aliphatic rings. The van der Waals surface area contributed by atoms with Gasteiger partial charge in [0, 0.05) is 25.8 Å². The van der Waals surface area contributed by atoms with E-state index < -0.39 is 11.0 Å². The van der Waals surface area contributed by atoms with Crippen LogP contribution in [0.3, 0.4) is 0 Å². The summed E-state index contributed by atoms with van der Waals surface area (Å²) < 4.78 is 16.7. The van der Waals surface area contributed by atoms with Crippen LogP contribution in [-0.4, -0.2) is 56.4 Å². The van der Waals surface area contributed by atoms with E-state index in [0.29, 0.717) is 19.7 Å². The van der Waals surface area contributed by atoms with Crippen molar-refractivity contribution >= 4 is 5.91 Å². The lowest BCUT2D eigenvalue weighted by molar-refractivity contribution is -0.172. The molecule has 1 fully saturated rings. The average Bonchev–Trinajstić information content (AvgIpc) is 2.52. The minimum absolute atomic E-state index is 0.0736. The lowest BCUT2D eigenvalue weighted by atomic mass is 9.82. The molecular weight excluding hydrogens is 306 g/mol. The van der Waals surface area contributed by atoms with Crippen molar-refractivity contribution in [1.29, 1.82) is 0 Å². The van der Waals surface area contributed by atoms with Crippen molar-refractivity contribution in [2.75, 3.05) is 33.9 Å². The normalized spacial score (nSPS) is 20.8. The van der Waals surface area contributed by atoms with Crippen molar-refractivity contribution in [2.24, 2.45) is 0 Å². The highest BCUT2D eigenvalue weighted by Gasteiger charge is 2.42. The van der Waals surface area contributed by atoms with E-state index in [1.54, 1.807) is 14.2 Å². The summed E-state index contributed by atoms with van der Waals surface area (Å²) >= 11 is 0. The largest absolute Gasteiger partial charge is 0.496 e. The number of amides is 1. The second-order valence-electron chi connectivity index (χ2n) is 7.47. The smallest absolute Gasteiger partial charge is 0.232 e. The van der Waals surface area contributed by atoms with Gasteiger partial charge in [-0.05, 0) is 33.8 Å². The molecule has 1 saturated heterocycles. The summed E-state index contributed by atoms with van der Waals surface area (Å²) in [6, 6.07) is 7.69. The highest BCUT2D eigenvalue weighted by molar-refractivity contribution is 5.88. The number of carbonyl (C=O) groups excluding carboxylic acids is 1. The number of rotatable bonds is 5. The fourth-order valence-electron chi connectivity index (χ4n) is 3.39. The van der Waals surface area contributed by atoms with Gasteiger partial charge >= 0.3 is 0 Å². The molecule has 1 heterocycles. The Bertz CT molecular complexity index is 582. The van der Waals surface area contributed by atoms with E-state index in [4.69, 9.17) is 14.2 Å². The lowest BCUT2D eigenvalue weighted by Gasteiger charge is -2.45. The number of carbonyl (C=O) groups is 1. The fraction of sp³-hybridized carbons (Fsp3) is 0.632. The second-order valence-corrected chi connectivity index (χ2v) is 7.47. The number of hydrogen-bond donors (Lipinski definition) is 0. The third kappa shape index (κ3) is 3.90. The van der Waals surface area contributed by atoms with Crippen LogP contribution in [0.25, 0.3) is 0 Å². The van der Waals surface area contributed by atoms with Gasteiger partial charge in [0.2, 0.25) is 5.91 Å². The molecule has 0 N–H and O–H groups in total. The third-order valence-corrected chi connectivity index (χ3v) is 4.44. The summed E-state index contributed by atoms with van der Waals surface area (Å²) in [5.41, 5.74) is -0.184. The fourth-order valence-corrected chi connectivity index (χ4v) is 3.39. The monoisotopic (exact) mass is 335 g/mol. The van der Waals surface area contributed by atoms with E-state index in [1.807, 2.05) is 56.9 Å². The van der Waals surface area contributed by atoms with Crippen LogP contribution in [0.1, 0.15) is 33.3 Å². The molecule has 0 radical (unpaired) electrons. The maximum atomic E-state index is 13.3. The molecule has 1 atom stereocenters. The molecule has 0 aromatic heterocycles. The van der Waals surface area contributed by atoms with Gasteiger partial charge in [0.15, 0.2) is 0 Å². The molecule has 1 aliphatic heterocycles. The molecule has 134 valence electrons. The number of ether oxygens (including phenoxy) is 3. The molecule has 1 aromatic carbocycles. The van der Waals surface area contributed by atoms with Crippen molar-refractivity contribution in [3.05, 3.63) is 29.8 Å². The Morgan fingerprint density at radius 2 is 2.00 bits per heavy atom. The zero-order chi connectivity index (χ0) is 18.0. The van der Waals surface area contributed by atoms with Gasteiger partial charge < -0.3 is 19.1 Å². The molecule has 0 bridgehead atoms. The van der Waals surface area contributed by atoms with Crippen molar-refractivity contribution < 1.29 is 19.0 Å². The standard InChI is InChI=1S/C19H29NO4/c1-18(2)13-20(11-14(24-18)12-22-5)17(21)19(3,4)15-9-7-8-10-16(15)23-6/h7-10,14H,11-13H2,1-6H3/t14-/m0/s1. The number of morpholine rings is 1. The summed E-state index contributed by atoms with van der Waals surface area (Å²) in [5.74, 6) is 0.807. The highest BCUT2D eigenvalue weighted by Crippen LogP contribution is 2.34. The number of methoxy groups -OCH3 is 2. The zero-order valence-electron chi connectivity index (χ0n) is 15.6. The van der Waals surface area contributed by atoms with Gasteiger partial charge in [-0.15, -0.1) is 0 Å². The molecular formula is C19H29NO4.